The van der Waals surface area contributed by atoms with Crippen LogP contribution in [-0.4, -0.2) is 36.3 Å². The van der Waals surface area contributed by atoms with Crippen LogP contribution in [0.1, 0.15) is 10.4 Å². The fourth-order valence-electron chi connectivity index (χ4n) is 1.76. The van der Waals surface area contributed by atoms with Gasteiger partial charge in [-0.3, -0.25) is 4.79 Å². The van der Waals surface area contributed by atoms with Gasteiger partial charge in [-0.25, -0.2) is 0 Å². The lowest BCUT2D eigenvalue weighted by Gasteiger charge is -2.17. The Morgan fingerprint density at radius 3 is 3.00 bits per heavy atom. The van der Waals surface area contributed by atoms with Gasteiger partial charge in [-0.2, -0.15) is 12.6 Å². The zero-order valence-corrected chi connectivity index (χ0v) is 10.4. The lowest BCUT2D eigenvalue weighted by atomic mass is 10.2. The second kappa shape index (κ2) is 5.77. The molecule has 1 heterocycles. The minimum atomic E-state index is 0.0296. The molecule has 2 rings (SSSR count). The van der Waals surface area contributed by atoms with E-state index in [2.05, 4.69) is 12.6 Å². The van der Waals surface area contributed by atoms with Gasteiger partial charge in [-0.1, -0.05) is 24.3 Å². The molecule has 0 spiro atoms. The highest BCUT2D eigenvalue weighted by Crippen LogP contribution is 2.22. The number of ether oxygens (including phenoxy) is 1. The summed E-state index contributed by atoms with van der Waals surface area (Å²) < 4.78 is 5.55. The van der Waals surface area contributed by atoms with Gasteiger partial charge in [0.2, 0.25) is 0 Å². The van der Waals surface area contributed by atoms with Gasteiger partial charge in [0.1, 0.15) is 12.4 Å². The molecule has 1 aromatic rings. The second-order valence-corrected chi connectivity index (χ2v) is 4.11. The summed E-state index contributed by atoms with van der Waals surface area (Å²) in [4.78, 5) is 14.0. The van der Waals surface area contributed by atoms with E-state index in [1.165, 1.54) is 0 Å². The molecule has 0 fully saturated rings. The fraction of sp³-hybridized carbons (Fsp3) is 0.308. The van der Waals surface area contributed by atoms with Crippen molar-refractivity contribution in [2.75, 3.05) is 25.4 Å². The number of hydrogen-bond acceptors (Lipinski definition) is 3. The van der Waals surface area contributed by atoms with E-state index in [-0.39, 0.29) is 5.91 Å². The number of carbonyl (C=O) groups is 1. The molecule has 1 amide bonds. The number of rotatable bonds is 3. The molecule has 1 aliphatic heterocycles. The molecule has 0 aliphatic carbocycles. The van der Waals surface area contributed by atoms with Gasteiger partial charge in [0.25, 0.3) is 5.91 Å². The molecule has 3 nitrogen and oxygen atoms in total. The predicted molar refractivity (Wildman–Crippen MR) is 70.8 cm³/mol. The smallest absolute Gasteiger partial charge is 0.258 e. The Morgan fingerprint density at radius 1 is 1.35 bits per heavy atom. The molecule has 17 heavy (non-hydrogen) atoms. The molecule has 0 saturated heterocycles. The van der Waals surface area contributed by atoms with Crippen molar-refractivity contribution in [3.63, 3.8) is 0 Å². The summed E-state index contributed by atoms with van der Waals surface area (Å²) in [6.07, 6.45) is 3.90. The van der Waals surface area contributed by atoms with Crippen molar-refractivity contribution in [1.82, 2.24) is 4.90 Å². The van der Waals surface area contributed by atoms with Crippen LogP contribution in [0.3, 0.4) is 0 Å². The minimum absolute atomic E-state index is 0.0296. The maximum Gasteiger partial charge on any atom is 0.258 e. The van der Waals surface area contributed by atoms with Gasteiger partial charge in [-0.15, -0.1) is 0 Å². The van der Waals surface area contributed by atoms with Crippen LogP contribution in [0.25, 0.3) is 0 Å². The normalized spacial score (nSPS) is 15.6. The van der Waals surface area contributed by atoms with E-state index < -0.39 is 0 Å². The van der Waals surface area contributed by atoms with Crippen molar-refractivity contribution in [2.24, 2.45) is 0 Å². The Morgan fingerprint density at radius 2 is 2.18 bits per heavy atom. The number of thiol groups is 1. The molecular formula is C13H15NO2S. The van der Waals surface area contributed by atoms with Gasteiger partial charge in [0, 0.05) is 12.3 Å². The molecular weight excluding hydrogens is 234 g/mol. The van der Waals surface area contributed by atoms with Gasteiger partial charge in [0.15, 0.2) is 0 Å². The largest absolute Gasteiger partial charge is 0.491 e. The van der Waals surface area contributed by atoms with E-state index in [0.717, 1.165) is 0 Å². The van der Waals surface area contributed by atoms with Crippen LogP contribution in [0, 0.1) is 0 Å². The Labute approximate surface area is 106 Å². The van der Waals surface area contributed by atoms with Crippen LogP contribution in [0.15, 0.2) is 36.4 Å². The SMILES string of the molecule is O=C1c2ccccc2OCCN1C/C=C/CS. The quantitative estimate of drug-likeness (QED) is 0.656. The first-order chi connectivity index (χ1) is 8.33. The van der Waals surface area contributed by atoms with Crippen LogP contribution in [0.4, 0.5) is 0 Å². The molecule has 0 N–H and O–H groups in total. The molecule has 90 valence electrons. The van der Waals surface area contributed by atoms with Crippen molar-refractivity contribution in [3.8, 4) is 5.75 Å². The Balaban J connectivity index is 2.17. The zero-order chi connectivity index (χ0) is 12.1. The second-order valence-electron chi connectivity index (χ2n) is 3.75. The van der Waals surface area contributed by atoms with E-state index in [1.807, 2.05) is 30.4 Å². The molecule has 4 heteroatoms. The fourth-order valence-corrected chi connectivity index (χ4v) is 1.91. The summed E-state index contributed by atoms with van der Waals surface area (Å²) in [7, 11) is 0. The molecule has 0 unspecified atom stereocenters. The predicted octanol–water partition coefficient (Wildman–Crippen LogP) is 2.01. The Hall–Kier alpha value is -1.42. The van der Waals surface area contributed by atoms with E-state index in [4.69, 9.17) is 4.74 Å². The van der Waals surface area contributed by atoms with E-state index in [9.17, 15) is 4.79 Å². The average molecular weight is 249 g/mol. The summed E-state index contributed by atoms with van der Waals surface area (Å²) in [6, 6.07) is 7.37. The zero-order valence-electron chi connectivity index (χ0n) is 9.50. The standard InChI is InChI=1S/C13H15NO2S/c15-13-11-5-1-2-6-12(11)16-9-8-14(13)7-3-4-10-17/h1-6,17H,7-10H2/b4-3+. The van der Waals surface area contributed by atoms with Crippen molar-refractivity contribution in [2.45, 2.75) is 0 Å². The van der Waals surface area contributed by atoms with Gasteiger partial charge in [0.05, 0.1) is 12.1 Å². The first-order valence-electron chi connectivity index (χ1n) is 5.60. The van der Waals surface area contributed by atoms with Crippen molar-refractivity contribution < 1.29 is 9.53 Å². The lowest BCUT2D eigenvalue weighted by Crippen LogP contribution is -2.32. The maximum absolute atomic E-state index is 12.2. The van der Waals surface area contributed by atoms with Gasteiger partial charge in [-0.05, 0) is 12.1 Å². The van der Waals surface area contributed by atoms with Crippen LogP contribution < -0.4 is 4.74 Å². The van der Waals surface area contributed by atoms with E-state index in [0.29, 0.717) is 36.8 Å². The number of hydrogen-bond donors (Lipinski definition) is 1. The van der Waals surface area contributed by atoms with Crippen LogP contribution in [0.2, 0.25) is 0 Å². The average Bonchev–Trinajstić information content (AvgIpc) is 2.51. The van der Waals surface area contributed by atoms with Gasteiger partial charge >= 0.3 is 0 Å². The molecule has 0 saturated carbocycles. The first-order valence-corrected chi connectivity index (χ1v) is 6.23. The topological polar surface area (TPSA) is 29.5 Å². The third-order valence-electron chi connectivity index (χ3n) is 2.62. The lowest BCUT2D eigenvalue weighted by molar-refractivity contribution is 0.0775. The van der Waals surface area contributed by atoms with Crippen LogP contribution in [-0.2, 0) is 0 Å². The third kappa shape index (κ3) is 2.82. The highest BCUT2D eigenvalue weighted by molar-refractivity contribution is 7.80. The number of fused-ring (bicyclic) bond motifs is 1. The van der Waals surface area contributed by atoms with Crippen LogP contribution in [0.5, 0.6) is 5.75 Å². The molecule has 1 aromatic carbocycles. The first kappa shape index (κ1) is 12.0. The number of amides is 1. The summed E-state index contributed by atoms with van der Waals surface area (Å²) in [6.45, 7) is 1.76. The van der Waals surface area contributed by atoms with Crippen LogP contribution >= 0.6 is 12.6 Å². The summed E-state index contributed by atoms with van der Waals surface area (Å²) in [5.41, 5.74) is 0.643. The summed E-state index contributed by atoms with van der Waals surface area (Å²) >= 11 is 4.09. The highest BCUT2D eigenvalue weighted by atomic mass is 32.1. The molecule has 0 bridgehead atoms. The van der Waals surface area contributed by atoms with Crippen molar-refractivity contribution in [1.29, 1.82) is 0 Å². The number of nitrogens with zero attached hydrogens (tertiary/aromatic N) is 1. The minimum Gasteiger partial charge on any atom is -0.491 e. The van der Waals surface area contributed by atoms with E-state index in [1.54, 1.807) is 11.0 Å². The van der Waals surface area contributed by atoms with Crippen molar-refractivity contribution in [3.05, 3.63) is 42.0 Å². The molecule has 0 atom stereocenters. The monoisotopic (exact) mass is 249 g/mol. The molecule has 1 aliphatic rings. The molecule has 0 radical (unpaired) electrons. The highest BCUT2D eigenvalue weighted by Gasteiger charge is 2.21. The Bertz CT molecular complexity index is 431. The maximum atomic E-state index is 12.2. The van der Waals surface area contributed by atoms with Gasteiger partial charge < -0.3 is 9.64 Å². The number of carbonyl (C=O) groups excluding carboxylic acids is 1. The Kier molecular flexibility index (Phi) is 4.09. The molecule has 0 aromatic heterocycles. The number of para-hydroxylation sites is 1. The summed E-state index contributed by atoms with van der Waals surface area (Å²) in [5.74, 6) is 1.40. The third-order valence-corrected chi connectivity index (χ3v) is 2.83. The van der Waals surface area contributed by atoms with Crippen molar-refractivity contribution >= 4 is 18.5 Å². The number of benzene rings is 1. The summed E-state index contributed by atoms with van der Waals surface area (Å²) in [5, 5.41) is 0. The van der Waals surface area contributed by atoms with E-state index >= 15 is 0 Å².